The molecule has 0 N–H and O–H groups in total. The second kappa shape index (κ2) is 6.52. The molecule has 1 aliphatic heterocycles. The lowest BCUT2D eigenvalue weighted by Gasteiger charge is -2.21. The van der Waals surface area contributed by atoms with Gasteiger partial charge in [0.15, 0.2) is 0 Å². The Balaban J connectivity index is 1.53. The van der Waals surface area contributed by atoms with Crippen LogP contribution in [0.25, 0.3) is 11.0 Å². The Morgan fingerprint density at radius 2 is 1.96 bits per heavy atom. The van der Waals surface area contributed by atoms with Crippen molar-refractivity contribution in [2.75, 3.05) is 0 Å². The third-order valence-corrected chi connectivity index (χ3v) is 4.86. The topological polar surface area (TPSA) is 63.9 Å². The van der Waals surface area contributed by atoms with Crippen LogP contribution in [0.1, 0.15) is 43.9 Å². The molecule has 2 aromatic heterocycles. The van der Waals surface area contributed by atoms with Crippen molar-refractivity contribution in [2.45, 2.75) is 46.3 Å². The summed E-state index contributed by atoms with van der Waals surface area (Å²) >= 11 is 0. The van der Waals surface area contributed by atoms with Crippen LogP contribution in [-0.2, 0) is 24.3 Å². The zero-order valence-corrected chi connectivity index (χ0v) is 15.4. The van der Waals surface area contributed by atoms with E-state index in [0.29, 0.717) is 19.0 Å². The maximum absolute atomic E-state index is 13.0. The molecule has 26 heavy (non-hydrogen) atoms. The summed E-state index contributed by atoms with van der Waals surface area (Å²) in [5, 5.41) is 0. The average molecular weight is 349 g/mol. The molecule has 3 aromatic rings. The van der Waals surface area contributed by atoms with Crippen molar-refractivity contribution in [3.05, 3.63) is 53.9 Å². The standard InChI is InChI=1S/C20H23N5O/c1-13(2)8-19-21-9-15-10-24(11-17(15)23-19)20(26)14(3)25-12-22-16-6-4-5-7-18(16)25/h4-7,9,12-14H,8,10-11H2,1-3H3. The quantitative estimate of drug-likeness (QED) is 0.726. The fourth-order valence-electron chi connectivity index (χ4n) is 3.48. The number of imidazole rings is 1. The van der Waals surface area contributed by atoms with E-state index in [0.717, 1.165) is 34.5 Å². The number of hydrogen-bond donors (Lipinski definition) is 0. The summed E-state index contributed by atoms with van der Waals surface area (Å²) in [5.74, 6) is 1.46. The summed E-state index contributed by atoms with van der Waals surface area (Å²) in [6.07, 6.45) is 4.49. The Hall–Kier alpha value is -2.76. The van der Waals surface area contributed by atoms with E-state index in [1.807, 2.05) is 46.9 Å². The van der Waals surface area contributed by atoms with E-state index in [-0.39, 0.29) is 11.9 Å². The fourth-order valence-corrected chi connectivity index (χ4v) is 3.48. The zero-order valence-electron chi connectivity index (χ0n) is 15.4. The van der Waals surface area contributed by atoms with Gasteiger partial charge in [-0.2, -0.15) is 0 Å². The van der Waals surface area contributed by atoms with Crippen molar-refractivity contribution in [1.82, 2.24) is 24.4 Å². The van der Waals surface area contributed by atoms with Gasteiger partial charge in [0.05, 0.1) is 29.6 Å². The third-order valence-electron chi connectivity index (χ3n) is 4.86. The molecule has 0 bridgehead atoms. The summed E-state index contributed by atoms with van der Waals surface area (Å²) in [5.41, 5.74) is 3.91. The zero-order chi connectivity index (χ0) is 18.3. The Morgan fingerprint density at radius 1 is 1.15 bits per heavy atom. The molecule has 1 unspecified atom stereocenters. The van der Waals surface area contributed by atoms with Gasteiger partial charge in [-0.05, 0) is 25.0 Å². The second-order valence-corrected chi connectivity index (χ2v) is 7.37. The van der Waals surface area contributed by atoms with E-state index in [1.165, 1.54) is 0 Å². The number of para-hydroxylation sites is 2. The first kappa shape index (κ1) is 16.7. The number of aromatic nitrogens is 4. The smallest absolute Gasteiger partial charge is 0.246 e. The normalized spacial score (nSPS) is 14.8. The van der Waals surface area contributed by atoms with Crippen LogP contribution in [0, 0.1) is 5.92 Å². The molecule has 6 heteroatoms. The van der Waals surface area contributed by atoms with Crippen LogP contribution in [0.2, 0.25) is 0 Å². The molecule has 3 heterocycles. The van der Waals surface area contributed by atoms with Gasteiger partial charge in [0.25, 0.3) is 0 Å². The Labute approximate surface area is 152 Å². The second-order valence-electron chi connectivity index (χ2n) is 7.37. The lowest BCUT2D eigenvalue weighted by atomic mass is 10.1. The molecule has 0 fully saturated rings. The lowest BCUT2D eigenvalue weighted by Crippen LogP contribution is -2.32. The van der Waals surface area contributed by atoms with Crippen LogP contribution in [0.3, 0.4) is 0 Å². The highest BCUT2D eigenvalue weighted by Gasteiger charge is 2.29. The minimum Gasteiger partial charge on any atom is -0.331 e. The number of fused-ring (bicyclic) bond motifs is 2. The van der Waals surface area contributed by atoms with E-state index >= 15 is 0 Å². The molecule has 1 atom stereocenters. The van der Waals surface area contributed by atoms with E-state index in [9.17, 15) is 4.79 Å². The highest BCUT2D eigenvalue weighted by Crippen LogP contribution is 2.25. The van der Waals surface area contributed by atoms with Gasteiger partial charge in [-0.3, -0.25) is 4.79 Å². The molecular weight excluding hydrogens is 326 g/mol. The maximum atomic E-state index is 13.0. The number of hydrogen-bond acceptors (Lipinski definition) is 4. The molecule has 0 saturated heterocycles. The van der Waals surface area contributed by atoms with E-state index in [1.54, 1.807) is 6.33 Å². The molecule has 1 aliphatic rings. The molecule has 0 saturated carbocycles. The molecule has 6 nitrogen and oxygen atoms in total. The van der Waals surface area contributed by atoms with Crippen LogP contribution in [0.4, 0.5) is 0 Å². The summed E-state index contributed by atoms with van der Waals surface area (Å²) in [6.45, 7) is 7.37. The van der Waals surface area contributed by atoms with Crippen LogP contribution in [0.5, 0.6) is 0 Å². The summed E-state index contributed by atoms with van der Waals surface area (Å²) < 4.78 is 1.94. The minimum atomic E-state index is -0.306. The van der Waals surface area contributed by atoms with Crippen molar-refractivity contribution in [1.29, 1.82) is 0 Å². The molecule has 0 aliphatic carbocycles. The van der Waals surface area contributed by atoms with Gasteiger partial charge in [-0.15, -0.1) is 0 Å². The van der Waals surface area contributed by atoms with Crippen LogP contribution in [-0.4, -0.2) is 30.3 Å². The molecule has 0 radical (unpaired) electrons. The average Bonchev–Trinajstić information content (AvgIpc) is 3.23. The Kier molecular flexibility index (Phi) is 4.18. The fraction of sp³-hybridized carbons (Fsp3) is 0.400. The first-order valence-corrected chi connectivity index (χ1v) is 9.07. The van der Waals surface area contributed by atoms with Gasteiger partial charge in [0.1, 0.15) is 11.9 Å². The minimum absolute atomic E-state index is 0.0802. The lowest BCUT2D eigenvalue weighted by molar-refractivity contribution is -0.134. The number of benzene rings is 1. The van der Waals surface area contributed by atoms with Gasteiger partial charge in [0, 0.05) is 24.7 Å². The van der Waals surface area contributed by atoms with Crippen molar-refractivity contribution in [2.24, 2.45) is 5.92 Å². The summed E-state index contributed by atoms with van der Waals surface area (Å²) in [6, 6.07) is 7.57. The molecule has 1 amide bonds. The maximum Gasteiger partial charge on any atom is 0.246 e. The monoisotopic (exact) mass is 349 g/mol. The SMILES string of the molecule is CC(C)Cc1ncc2c(n1)CN(C(=O)C(C)n1cnc3ccccc31)C2. The highest BCUT2D eigenvalue weighted by molar-refractivity contribution is 5.84. The van der Waals surface area contributed by atoms with E-state index < -0.39 is 0 Å². The Morgan fingerprint density at radius 3 is 2.77 bits per heavy atom. The number of amides is 1. The number of rotatable bonds is 4. The van der Waals surface area contributed by atoms with Crippen molar-refractivity contribution in [3.8, 4) is 0 Å². The van der Waals surface area contributed by atoms with Crippen molar-refractivity contribution in [3.63, 3.8) is 0 Å². The molecule has 0 spiro atoms. The molecule has 4 rings (SSSR count). The van der Waals surface area contributed by atoms with Gasteiger partial charge >= 0.3 is 0 Å². The molecule has 134 valence electrons. The summed E-state index contributed by atoms with van der Waals surface area (Å²) in [7, 11) is 0. The molecular formula is C20H23N5O. The van der Waals surface area contributed by atoms with E-state index in [2.05, 4.69) is 28.8 Å². The summed E-state index contributed by atoms with van der Waals surface area (Å²) in [4.78, 5) is 28.4. The van der Waals surface area contributed by atoms with Gasteiger partial charge in [0.2, 0.25) is 5.91 Å². The van der Waals surface area contributed by atoms with Crippen molar-refractivity contribution >= 4 is 16.9 Å². The first-order chi connectivity index (χ1) is 12.5. The van der Waals surface area contributed by atoms with E-state index in [4.69, 9.17) is 0 Å². The van der Waals surface area contributed by atoms with Crippen molar-refractivity contribution < 1.29 is 4.79 Å². The third kappa shape index (κ3) is 2.96. The van der Waals surface area contributed by atoms with Gasteiger partial charge in [-0.1, -0.05) is 26.0 Å². The highest BCUT2D eigenvalue weighted by atomic mass is 16.2. The van der Waals surface area contributed by atoms with Crippen LogP contribution >= 0.6 is 0 Å². The van der Waals surface area contributed by atoms with Crippen LogP contribution < -0.4 is 0 Å². The van der Waals surface area contributed by atoms with Gasteiger partial charge in [-0.25, -0.2) is 15.0 Å². The predicted molar refractivity (Wildman–Crippen MR) is 99.3 cm³/mol. The molecule has 1 aromatic carbocycles. The van der Waals surface area contributed by atoms with Crippen LogP contribution in [0.15, 0.2) is 36.8 Å². The number of nitrogens with zero attached hydrogens (tertiary/aromatic N) is 5. The first-order valence-electron chi connectivity index (χ1n) is 9.07. The number of carbonyl (C=O) groups excluding carboxylic acids is 1. The Bertz CT molecular complexity index is 962. The predicted octanol–water partition coefficient (Wildman–Crippen LogP) is 3.13. The number of carbonyl (C=O) groups is 1. The van der Waals surface area contributed by atoms with Gasteiger partial charge < -0.3 is 9.47 Å². The largest absolute Gasteiger partial charge is 0.331 e.